The number of nitrogens with one attached hydrogen (secondary N) is 1. The number of rotatable bonds is 5. The van der Waals surface area contributed by atoms with Crippen LogP contribution in [0.1, 0.15) is 6.92 Å². The first-order valence-corrected chi connectivity index (χ1v) is 6.03. The highest BCUT2D eigenvalue weighted by molar-refractivity contribution is 5.69. The molecule has 3 N–H and O–H groups in total. The van der Waals surface area contributed by atoms with Crippen LogP contribution in [0.25, 0.3) is 0 Å². The van der Waals surface area contributed by atoms with E-state index in [0.29, 0.717) is 24.0 Å². The SMILES string of the molecule is CCOc1cccc(Nc2nc(OC)ccc2N)c1. The van der Waals surface area contributed by atoms with Gasteiger partial charge in [0.05, 0.1) is 19.4 Å². The van der Waals surface area contributed by atoms with E-state index >= 15 is 0 Å². The van der Waals surface area contributed by atoms with Gasteiger partial charge in [0.1, 0.15) is 5.75 Å². The number of anilines is 3. The lowest BCUT2D eigenvalue weighted by Crippen LogP contribution is -2.01. The zero-order chi connectivity index (χ0) is 13.7. The van der Waals surface area contributed by atoms with E-state index in [1.807, 2.05) is 31.2 Å². The monoisotopic (exact) mass is 259 g/mol. The second kappa shape index (κ2) is 5.95. The third kappa shape index (κ3) is 3.28. The summed E-state index contributed by atoms with van der Waals surface area (Å²) in [6, 6.07) is 11.1. The van der Waals surface area contributed by atoms with Crippen molar-refractivity contribution in [2.24, 2.45) is 0 Å². The first-order valence-electron chi connectivity index (χ1n) is 6.03. The molecule has 0 amide bonds. The smallest absolute Gasteiger partial charge is 0.215 e. The minimum Gasteiger partial charge on any atom is -0.494 e. The van der Waals surface area contributed by atoms with Gasteiger partial charge >= 0.3 is 0 Å². The molecule has 1 aromatic carbocycles. The van der Waals surface area contributed by atoms with E-state index in [1.165, 1.54) is 0 Å². The summed E-state index contributed by atoms with van der Waals surface area (Å²) in [6.45, 7) is 2.57. The normalized spacial score (nSPS) is 10.0. The van der Waals surface area contributed by atoms with Crippen molar-refractivity contribution in [2.75, 3.05) is 24.8 Å². The molecule has 2 aromatic rings. The van der Waals surface area contributed by atoms with Gasteiger partial charge in [-0.05, 0) is 25.1 Å². The number of aromatic nitrogens is 1. The second-order valence-corrected chi connectivity index (χ2v) is 3.88. The van der Waals surface area contributed by atoms with Crippen molar-refractivity contribution in [3.8, 4) is 11.6 Å². The summed E-state index contributed by atoms with van der Waals surface area (Å²) < 4.78 is 10.5. The van der Waals surface area contributed by atoms with Crippen LogP contribution in [0.4, 0.5) is 17.2 Å². The molecule has 1 aromatic heterocycles. The second-order valence-electron chi connectivity index (χ2n) is 3.88. The summed E-state index contributed by atoms with van der Waals surface area (Å²) in [4.78, 5) is 4.26. The van der Waals surface area contributed by atoms with Gasteiger partial charge in [0.25, 0.3) is 0 Å². The summed E-state index contributed by atoms with van der Waals surface area (Å²) in [6.07, 6.45) is 0. The molecule has 0 aliphatic carbocycles. The maximum Gasteiger partial charge on any atom is 0.215 e. The third-order valence-corrected chi connectivity index (χ3v) is 2.52. The molecule has 0 fully saturated rings. The van der Waals surface area contributed by atoms with E-state index in [0.717, 1.165) is 11.4 Å². The Bertz CT molecular complexity index is 558. The standard InChI is InChI=1S/C14H17N3O2/c1-3-19-11-6-4-5-10(9-11)16-14-12(15)7-8-13(17-14)18-2/h4-9H,3,15H2,1-2H3,(H,16,17). The molecule has 1 heterocycles. The predicted octanol–water partition coefficient (Wildman–Crippen LogP) is 2.81. The van der Waals surface area contributed by atoms with Crippen LogP contribution in [0.3, 0.4) is 0 Å². The van der Waals surface area contributed by atoms with Crippen LogP contribution in [0.2, 0.25) is 0 Å². The molecular weight excluding hydrogens is 242 g/mol. The van der Waals surface area contributed by atoms with Crippen molar-refractivity contribution in [2.45, 2.75) is 6.92 Å². The van der Waals surface area contributed by atoms with Crippen LogP contribution in [0.5, 0.6) is 11.6 Å². The molecule has 5 nitrogen and oxygen atoms in total. The molecule has 0 radical (unpaired) electrons. The summed E-state index contributed by atoms with van der Waals surface area (Å²) in [5.74, 6) is 1.87. The molecule has 0 aliphatic heterocycles. The van der Waals surface area contributed by atoms with E-state index in [1.54, 1.807) is 19.2 Å². The van der Waals surface area contributed by atoms with Gasteiger partial charge in [-0.2, -0.15) is 4.98 Å². The van der Waals surface area contributed by atoms with Crippen LogP contribution in [-0.4, -0.2) is 18.7 Å². The molecule has 19 heavy (non-hydrogen) atoms. The Balaban J connectivity index is 2.22. The number of pyridine rings is 1. The molecule has 0 aliphatic rings. The van der Waals surface area contributed by atoms with Gasteiger partial charge in [0.15, 0.2) is 5.82 Å². The van der Waals surface area contributed by atoms with Crippen LogP contribution in [-0.2, 0) is 0 Å². The minimum absolute atomic E-state index is 0.512. The van der Waals surface area contributed by atoms with Crippen molar-refractivity contribution in [3.05, 3.63) is 36.4 Å². The topological polar surface area (TPSA) is 69.4 Å². The lowest BCUT2D eigenvalue weighted by Gasteiger charge is -2.11. The highest BCUT2D eigenvalue weighted by atomic mass is 16.5. The number of benzene rings is 1. The minimum atomic E-state index is 0.512. The van der Waals surface area contributed by atoms with E-state index in [9.17, 15) is 0 Å². The Morgan fingerprint density at radius 3 is 2.84 bits per heavy atom. The summed E-state index contributed by atoms with van der Waals surface area (Å²) in [7, 11) is 1.57. The lowest BCUT2D eigenvalue weighted by atomic mass is 10.3. The fourth-order valence-electron chi connectivity index (χ4n) is 1.63. The fraction of sp³-hybridized carbons (Fsp3) is 0.214. The lowest BCUT2D eigenvalue weighted by molar-refractivity contribution is 0.340. The Morgan fingerprint density at radius 1 is 1.26 bits per heavy atom. The number of hydrogen-bond acceptors (Lipinski definition) is 5. The van der Waals surface area contributed by atoms with Crippen molar-refractivity contribution < 1.29 is 9.47 Å². The highest BCUT2D eigenvalue weighted by Crippen LogP contribution is 2.25. The Hall–Kier alpha value is -2.43. The van der Waals surface area contributed by atoms with Crippen molar-refractivity contribution in [1.29, 1.82) is 0 Å². The van der Waals surface area contributed by atoms with Gasteiger partial charge in [-0.15, -0.1) is 0 Å². The van der Waals surface area contributed by atoms with E-state index < -0.39 is 0 Å². The summed E-state index contributed by atoms with van der Waals surface area (Å²) in [5, 5.41) is 3.15. The zero-order valence-corrected chi connectivity index (χ0v) is 11.0. The Morgan fingerprint density at radius 2 is 2.11 bits per heavy atom. The molecule has 0 spiro atoms. The summed E-state index contributed by atoms with van der Waals surface area (Å²) >= 11 is 0. The first-order chi connectivity index (χ1) is 9.22. The van der Waals surface area contributed by atoms with Gasteiger partial charge in [-0.1, -0.05) is 6.07 Å². The number of methoxy groups -OCH3 is 1. The maximum absolute atomic E-state index is 5.88. The highest BCUT2D eigenvalue weighted by Gasteiger charge is 2.04. The van der Waals surface area contributed by atoms with E-state index in [2.05, 4.69) is 10.3 Å². The number of ether oxygens (including phenoxy) is 2. The average molecular weight is 259 g/mol. The molecular formula is C14H17N3O2. The Labute approximate surface area is 112 Å². The number of nitrogens with zero attached hydrogens (tertiary/aromatic N) is 1. The molecule has 0 atom stereocenters. The van der Waals surface area contributed by atoms with E-state index in [-0.39, 0.29) is 0 Å². The van der Waals surface area contributed by atoms with Crippen LogP contribution in [0.15, 0.2) is 36.4 Å². The molecule has 0 bridgehead atoms. The predicted molar refractivity (Wildman–Crippen MR) is 76.1 cm³/mol. The molecule has 100 valence electrons. The number of hydrogen-bond donors (Lipinski definition) is 2. The zero-order valence-electron chi connectivity index (χ0n) is 11.0. The van der Waals surface area contributed by atoms with Gasteiger partial charge in [-0.25, -0.2) is 0 Å². The van der Waals surface area contributed by atoms with Gasteiger partial charge in [-0.3, -0.25) is 0 Å². The van der Waals surface area contributed by atoms with Crippen molar-refractivity contribution >= 4 is 17.2 Å². The van der Waals surface area contributed by atoms with Crippen molar-refractivity contribution in [1.82, 2.24) is 4.98 Å². The molecule has 0 saturated heterocycles. The van der Waals surface area contributed by atoms with Gasteiger partial charge < -0.3 is 20.5 Å². The van der Waals surface area contributed by atoms with Crippen LogP contribution < -0.4 is 20.5 Å². The number of nitrogen functional groups attached to an aromatic ring is 1. The number of nitrogens with two attached hydrogens (primary N) is 1. The largest absolute Gasteiger partial charge is 0.494 e. The van der Waals surface area contributed by atoms with Gasteiger partial charge in [0, 0.05) is 17.8 Å². The fourth-order valence-corrected chi connectivity index (χ4v) is 1.63. The third-order valence-electron chi connectivity index (χ3n) is 2.52. The average Bonchev–Trinajstić information content (AvgIpc) is 2.42. The first kappa shape index (κ1) is 13.0. The maximum atomic E-state index is 5.88. The quantitative estimate of drug-likeness (QED) is 0.864. The van der Waals surface area contributed by atoms with Gasteiger partial charge in [0.2, 0.25) is 5.88 Å². The van der Waals surface area contributed by atoms with Crippen LogP contribution in [0, 0.1) is 0 Å². The molecule has 5 heteroatoms. The summed E-state index contributed by atoms with van der Waals surface area (Å²) in [5.41, 5.74) is 7.29. The Kier molecular flexibility index (Phi) is 4.07. The van der Waals surface area contributed by atoms with E-state index in [4.69, 9.17) is 15.2 Å². The molecule has 0 unspecified atom stereocenters. The van der Waals surface area contributed by atoms with Crippen molar-refractivity contribution in [3.63, 3.8) is 0 Å². The van der Waals surface area contributed by atoms with Crippen LogP contribution >= 0.6 is 0 Å². The molecule has 0 saturated carbocycles. The molecule has 2 rings (SSSR count).